The van der Waals surface area contributed by atoms with Gasteiger partial charge >= 0.3 is 0 Å². The van der Waals surface area contributed by atoms with Gasteiger partial charge in [-0.05, 0) is 25.3 Å². The van der Waals surface area contributed by atoms with E-state index in [1.54, 1.807) is 0 Å². The van der Waals surface area contributed by atoms with Crippen LogP contribution in [0.1, 0.15) is 17.5 Å². The second-order valence-corrected chi connectivity index (χ2v) is 3.09. The smallest absolute Gasteiger partial charge is 0.102 e. The molecule has 3 N–H and O–H groups in total. The van der Waals surface area contributed by atoms with Crippen LogP contribution in [-0.2, 0) is 6.42 Å². The molecule has 0 bridgehead atoms. The predicted molar refractivity (Wildman–Crippen MR) is 49.7 cm³/mol. The number of nitrogens with two attached hydrogens (primary N) is 1. The number of aliphatic hydroxyl groups is 1. The highest BCUT2D eigenvalue weighted by molar-refractivity contribution is 5.21. The molecule has 0 saturated heterocycles. The predicted octanol–water partition coefficient (Wildman–Crippen LogP) is 1.20. The van der Waals surface area contributed by atoms with Crippen molar-refractivity contribution in [2.24, 2.45) is 5.73 Å². The van der Waals surface area contributed by atoms with Gasteiger partial charge in [0.1, 0.15) is 6.23 Å². The minimum Gasteiger partial charge on any atom is -0.379 e. The monoisotopic (exact) mass is 165 g/mol. The fourth-order valence-corrected chi connectivity index (χ4v) is 1.07. The molecule has 0 heterocycles. The van der Waals surface area contributed by atoms with Crippen LogP contribution in [0.2, 0.25) is 0 Å². The summed E-state index contributed by atoms with van der Waals surface area (Å²) in [6.07, 6.45) is 0.785. The van der Waals surface area contributed by atoms with Gasteiger partial charge in [-0.2, -0.15) is 0 Å². The number of hydrogen-bond donors (Lipinski definition) is 2. The summed E-state index contributed by atoms with van der Waals surface area (Å²) in [5.41, 5.74) is 7.71. The molecule has 1 unspecified atom stereocenters. The molecule has 0 aliphatic rings. The zero-order valence-corrected chi connectivity index (χ0v) is 7.33. The molecule has 0 spiro atoms. The van der Waals surface area contributed by atoms with Gasteiger partial charge in [-0.3, -0.25) is 0 Å². The molecule has 0 aliphatic carbocycles. The van der Waals surface area contributed by atoms with E-state index in [0.717, 1.165) is 6.42 Å². The van der Waals surface area contributed by atoms with Gasteiger partial charge in [-0.15, -0.1) is 0 Å². The van der Waals surface area contributed by atoms with Gasteiger partial charge in [0.2, 0.25) is 0 Å². The normalized spacial score (nSPS) is 12.9. The fraction of sp³-hybridized carbons (Fsp3) is 0.400. The third-order valence-electron chi connectivity index (χ3n) is 1.85. The van der Waals surface area contributed by atoms with Gasteiger partial charge in [0, 0.05) is 0 Å². The van der Waals surface area contributed by atoms with E-state index in [-0.39, 0.29) is 0 Å². The van der Waals surface area contributed by atoms with E-state index >= 15 is 0 Å². The molecule has 12 heavy (non-hydrogen) atoms. The van der Waals surface area contributed by atoms with Crippen molar-refractivity contribution in [2.45, 2.75) is 26.0 Å². The van der Waals surface area contributed by atoms with Crippen molar-refractivity contribution >= 4 is 0 Å². The molecule has 1 aromatic rings. The van der Waals surface area contributed by atoms with Gasteiger partial charge < -0.3 is 10.8 Å². The van der Waals surface area contributed by atoms with Crippen LogP contribution in [0.3, 0.4) is 0 Å². The minimum atomic E-state index is -0.689. The van der Waals surface area contributed by atoms with Crippen molar-refractivity contribution < 1.29 is 5.11 Å². The van der Waals surface area contributed by atoms with E-state index in [1.165, 1.54) is 11.1 Å². The maximum atomic E-state index is 8.85. The number of rotatable bonds is 3. The van der Waals surface area contributed by atoms with E-state index in [9.17, 15) is 0 Å². The Bertz CT molecular complexity index is 228. The highest BCUT2D eigenvalue weighted by Crippen LogP contribution is 2.05. The summed E-state index contributed by atoms with van der Waals surface area (Å²) < 4.78 is 0. The molecule has 1 atom stereocenters. The van der Waals surface area contributed by atoms with Crippen LogP contribution < -0.4 is 5.73 Å². The molecule has 0 amide bonds. The third-order valence-corrected chi connectivity index (χ3v) is 1.85. The quantitative estimate of drug-likeness (QED) is 0.661. The summed E-state index contributed by atoms with van der Waals surface area (Å²) >= 11 is 0. The zero-order chi connectivity index (χ0) is 8.97. The molecule has 0 aromatic heterocycles. The zero-order valence-electron chi connectivity index (χ0n) is 7.33. The second kappa shape index (κ2) is 4.24. The van der Waals surface area contributed by atoms with Crippen molar-refractivity contribution in [1.82, 2.24) is 0 Å². The first-order chi connectivity index (χ1) is 5.68. The van der Waals surface area contributed by atoms with Crippen LogP contribution in [0.25, 0.3) is 0 Å². The standard InChI is InChI=1S/C10H15NO/c1-8-2-4-9(5-3-8)6-7-10(11)12/h2-5,10,12H,6-7,11H2,1H3. The Labute approximate surface area is 73.0 Å². The molecule has 1 rings (SSSR count). The average Bonchev–Trinajstić information content (AvgIpc) is 2.03. The highest BCUT2D eigenvalue weighted by atomic mass is 16.3. The van der Waals surface area contributed by atoms with Crippen LogP contribution in [0, 0.1) is 6.92 Å². The number of aryl methyl sites for hydroxylation is 2. The van der Waals surface area contributed by atoms with Gasteiger partial charge in [0.05, 0.1) is 0 Å². The van der Waals surface area contributed by atoms with Crippen molar-refractivity contribution in [3.05, 3.63) is 35.4 Å². The van der Waals surface area contributed by atoms with Gasteiger partial charge in [0.25, 0.3) is 0 Å². The Morgan fingerprint density at radius 1 is 1.33 bits per heavy atom. The van der Waals surface area contributed by atoms with E-state index in [2.05, 4.69) is 31.2 Å². The van der Waals surface area contributed by atoms with Crippen LogP contribution in [0.4, 0.5) is 0 Å². The highest BCUT2D eigenvalue weighted by Gasteiger charge is 1.96. The van der Waals surface area contributed by atoms with E-state index in [0.29, 0.717) is 6.42 Å². The molecule has 2 nitrogen and oxygen atoms in total. The molecule has 66 valence electrons. The lowest BCUT2D eigenvalue weighted by atomic mass is 10.1. The van der Waals surface area contributed by atoms with Crippen LogP contribution in [0.15, 0.2) is 24.3 Å². The number of hydrogen-bond acceptors (Lipinski definition) is 2. The minimum absolute atomic E-state index is 0.628. The van der Waals surface area contributed by atoms with Crippen molar-refractivity contribution in [2.75, 3.05) is 0 Å². The first kappa shape index (κ1) is 9.23. The van der Waals surface area contributed by atoms with Crippen LogP contribution in [0.5, 0.6) is 0 Å². The second-order valence-electron chi connectivity index (χ2n) is 3.09. The first-order valence-corrected chi connectivity index (χ1v) is 4.17. The lowest BCUT2D eigenvalue weighted by molar-refractivity contribution is 0.172. The Hall–Kier alpha value is -0.860. The van der Waals surface area contributed by atoms with Crippen molar-refractivity contribution in [3.8, 4) is 0 Å². The Morgan fingerprint density at radius 3 is 2.42 bits per heavy atom. The molecule has 2 heteroatoms. The van der Waals surface area contributed by atoms with E-state index in [4.69, 9.17) is 10.8 Å². The Morgan fingerprint density at radius 2 is 1.92 bits per heavy atom. The summed E-state index contributed by atoms with van der Waals surface area (Å²) in [5, 5.41) is 8.85. The summed E-state index contributed by atoms with van der Waals surface area (Å²) in [6, 6.07) is 8.27. The van der Waals surface area contributed by atoms with Gasteiger partial charge in [0.15, 0.2) is 0 Å². The molecule has 0 fully saturated rings. The summed E-state index contributed by atoms with van der Waals surface area (Å²) in [4.78, 5) is 0. The summed E-state index contributed by atoms with van der Waals surface area (Å²) in [5.74, 6) is 0. The van der Waals surface area contributed by atoms with E-state index in [1.807, 2.05) is 0 Å². The van der Waals surface area contributed by atoms with Gasteiger partial charge in [-0.1, -0.05) is 29.8 Å². The topological polar surface area (TPSA) is 46.2 Å². The van der Waals surface area contributed by atoms with Crippen LogP contribution >= 0.6 is 0 Å². The molecular weight excluding hydrogens is 150 g/mol. The summed E-state index contributed by atoms with van der Waals surface area (Å²) in [6.45, 7) is 2.06. The lowest BCUT2D eigenvalue weighted by Crippen LogP contribution is -2.19. The molecule has 0 radical (unpaired) electrons. The SMILES string of the molecule is Cc1ccc(CCC(N)O)cc1. The average molecular weight is 165 g/mol. The molecule has 0 aliphatic heterocycles. The Balaban J connectivity index is 2.48. The maximum Gasteiger partial charge on any atom is 0.102 e. The fourth-order valence-electron chi connectivity index (χ4n) is 1.07. The van der Waals surface area contributed by atoms with Crippen molar-refractivity contribution in [3.63, 3.8) is 0 Å². The number of aliphatic hydroxyl groups excluding tert-OH is 1. The van der Waals surface area contributed by atoms with Crippen LogP contribution in [-0.4, -0.2) is 11.3 Å². The number of benzene rings is 1. The largest absolute Gasteiger partial charge is 0.379 e. The molecule has 1 aromatic carbocycles. The van der Waals surface area contributed by atoms with Crippen molar-refractivity contribution in [1.29, 1.82) is 0 Å². The lowest BCUT2D eigenvalue weighted by Gasteiger charge is -2.03. The first-order valence-electron chi connectivity index (χ1n) is 4.17. The molecular formula is C10H15NO. The Kier molecular flexibility index (Phi) is 3.26. The molecule has 0 saturated carbocycles. The maximum absolute atomic E-state index is 8.85. The summed E-state index contributed by atoms with van der Waals surface area (Å²) in [7, 11) is 0. The van der Waals surface area contributed by atoms with E-state index < -0.39 is 6.23 Å². The van der Waals surface area contributed by atoms with Gasteiger partial charge in [-0.25, -0.2) is 0 Å². The third kappa shape index (κ3) is 3.03.